The Morgan fingerprint density at radius 1 is 0.309 bits per heavy atom. The van der Waals surface area contributed by atoms with Crippen molar-refractivity contribution < 1.29 is 204 Å². The zero-order chi connectivity index (χ0) is 89.4. The van der Waals surface area contributed by atoms with Gasteiger partial charge < -0.3 is 194 Å². The molecule has 2 spiro atoms. The molecule has 41 nitrogen and oxygen atoms in total. The molecule has 15 aliphatic rings. The summed E-state index contributed by atoms with van der Waals surface area (Å²) in [6.45, 7) is 11.9. The van der Waals surface area contributed by atoms with Crippen molar-refractivity contribution in [1.82, 2.24) is 0 Å². The van der Waals surface area contributed by atoms with Crippen LogP contribution in [0.5, 0.6) is 0 Å². The zero-order valence-corrected chi connectivity index (χ0v) is 69.3. The van der Waals surface area contributed by atoms with Crippen molar-refractivity contribution in [3.05, 3.63) is 24.3 Å². The van der Waals surface area contributed by atoms with E-state index in [0.717, 1.165) is 30.4 Å². The highest BCUT2D eigenvalue weighted by atomic mass is 16.8. The SMILES string of the molecule is C=C1C[C@@]23CC[C@H]4[C@@](C)(CCC[C@@]4(C)C(=O)O[C@@H]4O[C@H](CO)[C@@H](O)[C@H](O)[C@H]4O)[C@@H]2CC[C@]1(O[C@@H]1O[C@H](CO)[C@@H](O)[C@H](O)[C@H]1O[C@@H]1O[C@H](CO)[C@@H](O)[C@H](O)[C@H]1O)C3.C=C1C[C@@]23CC[C@H]4[C@@](C)(CCC[C@@]4(C)C(=O)O[C@@H]4O[C@H](CO)[C@@H](O)[C@H](O)[C@H]4O)[C@@H]2CC[C@]1(O[C@@H]1O[C@H](CO)[C@@H](O)[C@H](O[C@@H]2O[C@H](CO)[C@@H](O)[C@H](O)[C@H]2O[C@@H]2O[C@H](CO)[C@@H](O)[C@H](O)[C@H]2O)[C@H]1O)C3. The van der Waals surface area contributed by atoms with E-state index >= 15 is 0 Å². The molecule has 41 heteroatoms. The lowest BCUT2D eigenvalue weighted by Crippen LogP contribution is -2.67. The van der Waals surface area contributed by atoms with Crippen LogP contribution in [0.4, 0.5) is 0 Å². The van der Waals surface area contributed by atoms with E-state index in [0.29, 0.717) is 96.3 Å². The van der Waals surface area contributed by atoms with E-state index in [2.05, 4.69) is 27.0 Å². The molecule has 0 radical (unpaired) electrons. The van der Waals surface area contributed by atoms with Crippen molar-refractivity contribution in [3.63, 3.8) is 0 Å². The summed E-state index contributed by atoms with van der Waals surface area (Å²) in [5.41, 5.74) is -3.88. The first-order valence-corrected chi connectivity index (χ1v) is 43.2. The van der Waals surface area contributed by atoms with Gasteiger partial charge in [-0.05, 0) is 173 Å². The third-order valence-corrected chi connectivity index (χ3v) is 32.1. The Hall–Kier alpha value is -3.06. The monoisotopic (exact) mass is 1770 g/mol. The molecule has 7 aliphatic heterocycles. The maximum Gasteiger partial charge on any atom is 0.314 e. The number of aliphatic hydroxyl groups is 25. The van der Waals surface area contributed by atoms with Crippen LogP contribution in [0.3, 0.4) is 0 Å². The fourth-order valence-electron chi connectivity index (χ4n) is 25.5. The van der Waals surface area contributed by atoms with Gasteiger partial charge in [0.15, 0.2) is 31.5 Å². The molecule has 25 N–H and O–H groups in total. The molecule has 47 atom stereocenters. The van der Waals surface area contributed by atoms with Gasteiger partial charge in [-0.25, -0.2) is 0 Å². The molecular weight excluding hydrogens is 1640 g/mol. The second-order valence-electron chi connectivity index (χ2n) is 38.8. The van der Waals surface area contributed by atoms with Crippen molar-refractivity contribution >= 4 is 11.9 Å². The lowest BCUT2D eigenvalue weighted by Gasteiger charge is -2.64. The summed E-state index contributed by atoms with van der Waals surface area (Å²) in [6, 6.07) is 0. The highest BCUT2D eigenvalue weighted by Gasteiger charge is 2.73. The standard InChI is InChI=1S/C44H70O23.C38H60O18/c1-17-11-43-9-5-22-41(2,7-4-8-42(22,3)40(59)66-37-32(57)29(54)25(50)19(13-46)61-37)23(43)6-10-44(17,16-43)67-38-33(58)34(27(52)21(15-48)62-38)64-39-35(30(55)26(51)20(14-47)63-39)65-36-31(56)28(53)24(49)18(12-45)60-36;1-16-11-37-9-5-20-35(2,7-4-8-36(20,3)34(50)55-32-29(49)26(46)23(43)18(13-40)52-32)21(37)6-10-38(16,15-37)56-33-30(27(47)24(44)19(14-41)53-33)54-31-28(48)25(45)22(42)17(12-39)51-31/h18-39,45-58H,1,4-16H2,2-3H3;17-33,39-49H,1,4-15H2,2-3H3/t18-,19-,20-,21-,22+,23+,24-,25-,26-,27-,28+,29+,30+,31-,32-,33-,34+,35-,36+,37+,38+,39+,41-,42-,43-,44+;17-,18-,19-,20+,21+,22-,23-,24-,25+,26+,27+,28-,29-,30-,31+,32+,33+,35-,36-,37-,38+/m11/s1. The zero-order valence-electron chi connectivity index (χ0n) is 69.3. The molecule has 8 aliphatic carbocycles. The molecule has 0 unspecified atom stereocenters. The molecular formula is C82H130O41. The van der Waals surface area contributed by atoms with Crippen LogP contribution in [-0.4, -0.2) is 412 Å². The van der Waals surface area contributed by atoms with Gasteiger partial charge in [0.05, 0.1) is 68.3 Å². The van der Waals surface area contributed by atoms with Crippen LogP contribution in [0, 0.1) is 56.2 Å². The van der Waals surface area contributed by atoms with Crippen LogP contribution in [0.1, 0.15) is 143 Å². The van der Waals surface area contributed by atoms with Crippen LogP contribution in [0.2, 0.25) is 0 Å². The molecule has 7 saturated heterocycles. The highest BCUT2D eigenvalue weighted by molar-refractivity contribution is 5.78. The summed E-state index contributed by atoms with van der Waals surface area (Å²) < 4.78 is 82.8. The molecule has 704 valence electrons. The number of hydrogen-bond acceptors (Lipinski definition) is 41. The molecule has 7 heterocycles. The average molecular weight is 1770 g/mol. The lowest BCUT2D eigenvalue weighted by molar-refractivity contribution is -0.392. The third-order valence-electron chi connectivity index (χ3n) is 32.1. The molecule has 4 bridgehead atoms. The van der Waals surface area contributed by atoms with Gasteiger partial charge in [0.2, 0.25) is 12.6 Å². The predicted octanol–water partition coefficient (Wildman–Crippen LogP) is -8.05. The van der Waals surface area contributed by atoms with Crippen molar-refractivity contribution in [2.24, 2.45) is 56.2 Å². The Morgan fingerprint density at radius 2 is 0.593 bits per heavy atom. The predicted molar refractivity (Wildman–Crippen MR) is 405 cm³/mol. The van der Waals surface area contributed by atoms with Crippen molar-refractivity contribution in [2.45, 2.75) is 369 Å². The molecule has 0 aromatic rings. The second-order valence-corrected chi connectivity index (χ2v) is 38.8. The Kier molecular flexibility index (Phi) is 28.5. The van der Waals surface area contributed by atoms with E-state index in [9.17, 15) is 137 Å². The Labute approximate surface area is 709 Å². The van der Waals surface area contributed by atoms with Crippen molar-refractivity contribution in [2.75, 3.05) is 46.2 Å². The molecule has 0 amide bonds. The van der Waals surface area contributed by atoms with Gasteiger partial charge in [-0.15, -0.1) is 0 Å². The maximum atomic E-state index is 14.2. The number of hydrogen-bond donors (Lipinski definition) is 25. The van der Waals surface area contributed by atoms with E-state index in [-0.39, 0.29) is 45.3 Å². The molecule has 0 aromatic heterocycles. The van der Waals surface area contributed by atoms with E-state index in [1.54, 1.807) is 0 Å². The number of rotatable bonds is 21. The number of carbonyl (C=O) groups is 2. The normalized spacial score (nSPS) is 54.6. The van der Waals surface area contributed by atoms with Crippen LogP contribution in [0.25, 0.3) is 0 Å². The van der Waals surface area contributed by atoms with Gasteiger partial charge in [-0.3, -0.25) is 9.59 Å². The summed E-state index contributed by atoms with van der Waals surface area (Å²) in [5.74, 6) is -1.30. The summed E-state index contributed by atoms with van der Waals surface area (Å²) in [7, 11) is 0. The van der Waals surface area contributed by atoms with Crippen LogP contribution >= 0.6 is 0 Å². The fourth-order valence-corrected chi connectivity index (χ4v) is 25.5. The van der Waals surface area contributed by atoms with Crippen LogP contribution in [-0.2, 0) is 75.9 Å². The molecule has 15 fully saturated rings. The number of ether oxygens (including phenoxy) is 14. The molecule has 15 rings (SSSR count). The summed E-state index contributed by atoms with van der Waals surface area (Å²) >= 11 is 0. The Morgan fingerprint density at radius 3 is 0.959 bits per heavy atom. The summed E-state index contributed by atoms with van der Waals surface area (Å²) in [6.07, 6.45) is -46.6. The Balaban J connectivity index is 0.000000204. The fraction of sp³-hybridized carbons (Fsp3) is 0.927. The van der Waals surface area contributed by atoms with Crippen molar-refractivity contribution in [3.8, 4) is 0 Å². The van der Waals surface area contributed by atoms with Crippen molar-refractivity contribution in [1.29, 1.82) is 0 Å². The van der Waals surface area contributed by atoms with E-state index < -0.39 is 295 Å². The van der Waals surface area contributed by atoms with Crippen LogP contribution in [0.15, 0.2) is 24.3 Å². The van der Waals surface area contributed by atoms with Gasteiger partial charge in [-0.2, -0.15) is 0 Å². The molecule has 0 aromatic carbocycles. The first kappa shape index (κ1) is 96.0. The number of aliphatic hydroxyl groups excluding tert-OH is 25. The lowest BCUT2D eigenvalue weighted by atomic mass is 9.41. The van der Waals surface area contributed by atoms with Gasteiger partial charge in [0, 0.05) is 0 Å². The second kappa shape index (κ2) is 36.5. The summed E-state index contributed by atoms with van der Waals surface area (Å²) in [4.78, 5) is 28.3. The first-order chi connectivity index (χ1) is 58.0. The van der Waals surface area contributed by atoms with E-state index in [4.69, 9.17) is 66.3 Å². The van der Waals surface area contributed by atoms with Gasteiger partial charge in [-0.1, -0.05) is 39.8 Å². The quantitative estimate of drug-likeness (QED) is 0.0288. The number of esters is 2. The first-order valence-electron chi connectivity index (χ1n) is 43.2. The average Bonchev–Trinajstić information content (AvgIpc) is 1.55. The number of carbonyl (C=O) groups excluding carboxylic acids is 2. The molecule has 8 saturated carbocycles. The minimum absolute atomic E-state index is 0.0695. The largest absolute Gasteiger partial charge is 0.432 e. The molecule has 123 heavy (non-hydrogen) atoms. The minimum atomic E-state index is -1.95. The number of fused-ring (bicyclic) bond motifs is 6. The topological polar surface area (TPSA) is 669 Å². The van der Waals surface area contributed by atoms with Crippen LogP contribution < -0.4 is 0 Å². The van der Waals surface area contributed by atoms with E-state index in [1.807, 2.05) is 13.8 Å². The van der Waals surface area contributed by atoms with Gasteiger partial charge in [0.25, 0.3) is 0 Å². The smallest absolute Gasteiger partial charge is 0.314 e. The van der Waals surface area contributed by atoms with Gasteiger partial charge in [0.1, 0.15) is 171 Å². The third kappa shape index (κ3) is 16.4. The van der Waals surface area contributed by atoms with E-state index in [1.165, 1.54) is 0 Å². The summed E-state index contributed by atoms with van der Waals surface area (Å²) in [5, 5.41) is 262. The highest BCUT2D eigenvalue weighted by Crippen LogP contribution is 2.76. The maximum absolute atomic E-state index is 14.2. The van der Waals surface area contributed by atoms with Gasteiger partial charge >= 0.3 is 11.9 Å². The minimum Gasteiger partial charge on any atom is -0.432 e. The Bertz CT molecular complexity index is 3660.